The van der Waals surface area contributed by atoms with Gasteiger partial charge in [-0.05, 0) is 50.1 Å². The van der Waals surface area contributed by atoms with E-state index < -0.39 is 33.5 Å². The molecule has 0 saturated heterocycles. The zero-order valence-corrected chi connectivity index (χ0v) is 20.3. The van der Waals surface area contributed by atoms with Gasteiger partial charge in [0.15, 0.2) is 5.13 Å². The molecule has 182 valence electrons. The van der Waals surface area contributed by atoms with Crippen LogP contribution in [-0.2, 0) is 22.6 Å². The third-order valence-corrected chi connectivity index (χ3v) is 7.55. The summed E-state index contributed by atoms with van der Waals surface area (Å²) in [5.74, 6) is 0.694. The minimum Gasteiger partial charge on any atom is -0.487 e. The number of nitrogens with one attached hydrogen (secondary N) is 1. The van der Waals surface area contributed by atoms with Crippen molar-refractivity contribution in [2.45, 2.75) is 56.4 Å². The highest BCUT2D eigenvalue weighted by molar-refractivity contribution is 7.93. The molecule has 2 heterocycles. The molecule has 0 unspecified atom stereocenters. The molecule has 0 amide bonds. The van der Waals surface area contributed by atoms with Crippen LogP contribution < -0.4 is 14.2 Å². The fourth-order valence-corrected chi connectivity index (χ4v) is 5.59. The quantitative estimate of drug-likeness (QED) is 0.425. The van der Waals surface area contributed by atoms with Crippen molar-refractivity contribution in [1.82, 2.24) is 4.98 Å². The third kappa shape index (κ3) is 5.15. The van der Waals surface area contributed by atoms with Gasteiger partial charge in [0.25, 0.3) is 10.0 Å². The van der Waals surface area contributed by atoms with Crippen LogP contribution in [0.25, 0.3) is 0 Å². The van der Waals surface area contributed by atoms with E-state index in [0.29, 0.717) is 35.5 Å². The molecule has 0 spiro atoms. The number of aromatic nitrogens is 1. The number of anilines is 1. The molecule has 0 aliphatic carbocycles. The van der Waals surface area contributed by atoms with E-state index in [-0.39, 0.29) is 10.0 Å². The van der Waals surface area contributed by atoms with E-state index in [1.807, 2.05) is 13.8 Å². The summed E-state index contributed by atoms with van der Waals surface area (Å²) < 4.78 is 79.6. The van der Waals surface area contributed by atoms with Crippen molar-refractivity contribution < 1.29 is 31.1 Å². The summed E-state index contributed by atoms with van der Waals surface area (Å²) in [6.07, 6.45) is -2.70. The Morgan fingerprint density at radius 2 is 2.00 bits per heavy atom. The first-order chi connectivity index (χ1) is 15.9. The molecule has 1 N–H and O–H groups in total. The predicted octanol–water partition coefficient (Wildman–Crippen LogP) is 6.21. The Bertz CT molecular complexity index is 1290. The molecule has 3 aromatic rings. The van der Waals surface area contributed by atoms with Gasteiger partial charge >= 0.3 is 6.18 Å². The first-order valence-corrected chi connectivity index (χ1v) is 12.9. The second kappa shape index (κ2) is 8.77. The second-order valence-electron chi connectivity index (χ2n) is 8.49. The Morgan fingerprint density at radius 3 is 2.65 bits per heavy atom. The molecule has 2 aromatic carbocycles. The van der Waals surface area contributed by atoms with Crippen molar-refractivity contribution in [2.75, 3.05) is 4.72 Å². The number of rotatable bonds is 6. The number of halogens is 3. The monoisotopic (exact) mass is 512 g/mol. The minimum absolute atomic E-state index is 0.00155. The maximum atomic E-state index is 13.1. The lowest BCUT2D eigenvalue weighted by atomic mass is 9.91. The largest absolute Gasteiger partial charge is 0.487 e. The molecule has 11 heteroatoms. The molecular weight excluding hydrogens is 489 g/mol. The topological polar surface area (TPSA) is 77.5 Å². The fourth-order valence-electron chi connectivity index (χ4n) is 3.79. The van der Waals surface area contributed by atoms with Crippen LogP contribution in [0, 0.1) is 0 Å². The summed E-state index contributed by atoms with van der Waals surface area (Å²) in [6, 6.07) is 7.92. The van der Waals surface area contributed by atoms with Crippen LogP contribution in [0.15, 0.2) is 52.9 Å². The summed E-state index contributed by atoms with van der Waals surface area (Å²) in [5.41, 5.74) is -0.366. The van der Waals surface area contributed by atoms with Gasteiger partial charge in [-0.3, -0.25) is 4.72 Å². The second-order valence-corrected chi connectivity index (χ2v) is 11.1. The van der Waals surface area contributed by atoms with Crippen LogP contribution in [0.4, 0.5) is 18.3 Å². The molecule has 6 nitrogen and oxygen atoms in total. The number of nitrogens with zero attached hydrogens (tertiary/aromatic N) is 1. The summed E-state index contributed by atoms with van der Waals surface area (Å²) >= 11 is 1.16. The van der Waals surface area contributed by atoms with Gasteiger partial charge in [0.1, 0.15) is 23.2 Å². The average Bonchev–Trinajstić information content (AvgIpc) is 3.24. The van der Waals surface area contributed by atoms with Gasteiger partial charge in [-0.25, -0.2) is 13.4 Å². The highest BCUT2D eigenvalue weighted by atomic mass is 32.2. The molecule has 4 rings (SSSR count). The number of aryl methyl sites for hydroxylation is 1. The van der Waals surface area contributed by atoms with Crippen LogP contribution >= 0.6 is 11.3 Å². The fraction of sp³-hybridized carbons (Fsp3) is 0.348. The van der Waals surface area contributed by atoms with Crippen molar-refractivity contribution in [3.8, 4) is 11.5 Å². The Labute approximate surface area is 199 Å². The average molecular weight is 513 g/mol. The number of thiazole rings is 1. The van der Waals surface area contributed by atoms with E-state index >= 15 is 0 Å². The van der Waals surface area contributed by atoms with Crippen LogP contribution in [-0.4, -0.2) is 19.0 Å². The van der Waals surface area contributed by atoms with Gasteiger partial charge in [0.05, 0.1) is 10.5 Å². The molecule has 0 fully saturated rings. The molecule has 1 aliphatic rings. The van der Waals surface area contributed by atoms with Crippen molar-refractivity contribution in [2.24, 2.45) is 0 Å². The van der Waals surface area contributed by atoms with E-state index in [0.717, 1.165) is 23.5 Å². The van der Waals surface area contributed by atoms with Gasteiger partial charge < -0.3 is 9.47 Å². The number of benzene rings is 2. The number of sulfonamides is 1. The minimum atomic E-state index is -4.44. The number of ether oxygens (including phenoxy) is 2. The first-order valence-electron chi connectivity index (χ1n) is 10.5. The summed E-state index contributed by atoms with van der Waals surface area (Å²) in [7, 11) is -3.89. The van der Waals surface area contributed by atoms with Gasteiger partial charge in [0, 0.05) is 29.6 Å². The number of hydrogen-bond acceptors (Lipinski definition) is 6. The summed E-state index contributed by atoms with van der Waals surface area (Å²) in [6.45, 7) is 5.44. The lowest BCUT2D eigenvalue weighted by Gasteiger charge is -2.38. The van der Waals surface area contributed by atoms with Gasteiger partial charge in [0.2, 0.25) is 0 Å². The van der Waals surface area contributed by atoms with Crippen LogP contribution in [0.3, 0.4) is 0 Å². The van der Waals surface area contributed by atoms with Crippen molar-refractivity contribution in [3.63, 3.8) is 0 Å². The number of fused-ring (bicyclic) bond motifs is 1. The molecule has 1 atom stereocenters. The van der Waals surface area contributed by atoms with Crippen LogP contribution in [0.2, 0.25) is 0 Å². The van der Waals surface area contributed by atoms with Gasteiger partial charge in [-0.2, -0.15) is 13.2 Å². The molecule has 0 saturated carbocycles. The zero-order valence-electron chi connectivity index (χ0n) is 18.6. The zero-order chi connectivity index (χ0) is 24.7. The molecule has 0 radical (unpaired) electrons. The van der Waals surface area contributed by atoms with Crippen LogP contribution in [0.1, 0.15) is 50.0 Å². The Kier molecular flexibility index (Phi) is 6.28. The van der Waals surface area contributed by atoms with Gasteiger partial charge in [-0.1, -0.05) is 13.0 Å². The number of alkyl halides is 3. The number of hydrogen-bond donors (Lipinski definition) is 1. The normalized spacial score (nSPS) is 17.5. The van der Waals surface area contributed by atoms with Gasteiger partial charge in [-0.15, -0.1) is 11.3 Å². The van der Waals surface area contributed by atoms with Crippen molar-refractivity contribution in [3.05, 3.63) is 64.7 Å². The van der Waals surface area contributed by atoms with E-state index in [4.69, 9.17) is 9.47 Å². The first kappa shape index (κ1) is 24.3. The predicted molar refractivity (Wildman–Crippen MR) is 123 cm³/mol. The van der Waals surface area contributed by atoms with Crippen molar-refractivity contribution in [1.29, 1.82) is 0 Å². The molecule has 34 heavy (non-hydrogen) atoms. The Hall–Kier alpha value is -2.79. The Balaban J connectivity index is 1.67. The van der Waals surface area contributed by atoms with E-state index in [9.17, 15) is 21.6 Å². The molecule has 0 bridgehead atoms. The lowest BCUT2D eigenvalue weighted by molar-refractivity contribution is -0.137. The van der Waals surface area contributed by atoms with Crippen LogP contribution in [0.5, 0.6) is 11.5 Å². The van der Waals surface area contributed by atoms with E-state index in [2.05, 4.69) is 9.71 Å². The standard InChI is InChI=1S/C23H23F3N2O4S2/c1-4-14-11-15(23(24,25)26)5-8-18(14)31-20-13-22(2,3)32-19-12-16(6-7-17(19)20)34(29,30)28-21-27-9-10-33-21/h5-12,20H,4,13H2,1-3H3,(H,27,28)/t20-/m1/s1. The molecule has 1 aromatic heterocycles. The maximum Gasteiger partial charge on any atom is 0.416 e. The SMILES string of the molecule is CCc1cc(C(F)(F)F)ccc1O[C@@H]1CC(C)(C)Oc2cc(S(=O)(=O)Nc3nccs3)ccc21. The summed E-state index contributed by atoms with van der Waals surface area (Å²) in [4.78, 5) is 3.94. The summed E-state index contributed by atoms with van der Waals surface area (Å²) in [5, 5.41) is 1.90. The third-order valence-electron chi connectivity index (χ3n) is 5.40. The highest BCUT2D eigenvalue weighted by Gasteiger charge is 2.37. The smallest absolute Gasteiger partial charge is 0.416 e. The lowest BCUT2D eigenvalue weighted by Crippen LogP contribution is -2.36. The molecule has 1 aliphatic heterocycles. The highest BCUT2D eigenvalue weighted by Crippen LogP contribution is 2.44. The maximum absolute atomic E-state index is 13.1. The van der Waals surface area contributed by atoms with E-state index in [1.54, 1.807) is 18.4 Å². The molecular formula is C23H23F3N2O4S2. The van der Waals surface area contributed by atoms with E-state index in [1.165, 1.54) is 24.4 Å². The Morgan fingerprint density at radius 1 is 1.24 bits per heavy atom. The van der Waals surface area contributed by atoms with Crippen molar-refractivity contribution >= 4 is 26.5 Å².